The number of hydrogen-bond acceptors (Lipinski definition) is 3. The molecule has 24 heavy (non-hydrogen) atoms. The molecule has 2 rings (SSSR count). The third kappa shape index (κ3) is 4.69. The number of para-hydroxylation sites is 1. The standard InChI is InChI=1S/C20H23NO3/c1-20(2,3)21-19(24)16-10-6-5-9-15(16)18(23)13-12-14-8-4-7-11-17(14)22/h4-11,22H,12-13H2,1-3H3,(H,21,24). The number of benzene rings is 2. The summed E-state index contributed by atoms with van der Waals surface area (Å²) in [6, 6.07) is 13.8. The van der Waals surface area contributed by atoms with Gasteiger partial charge in [0.05, 0.1) is 5.56 Å². The minimum atomic E-state index is -0.372. The molecule has 0 unspecified atom stereocenters. The van der Waals surface area contributed by atoms with Crippen molar-refractivity contribution in [2.45, 2.75) is 39.2 Å². The number of ketones is 1. The Morgan fingerprint density at radius 2 is 1.54 bits per heavy atom. The van der Waals surface area contributed by atoms with Gasteiger partial charge in [0, 0.05) is 17.5 Å². The summed E-state index contributed by atoms with van der Waals surface area (Å²) in [5, 5.41) is 12.7. The van der Waals surface area contributed by atoms with Gasteiger partial charge in [0.15, 0.2) is 5.78 Å². The summed E-state index contributed by atoms with van der Waals surface area (Å²) in [6.07, 6.45) is 0.665. The lowest BCUT2D eigenvalue weighted by Gasteiger charge is -2.21. The summed E-state index contributed by atoms with van der Waals surface area (Å²) in [5.41, 5.74) is 1.15. The predicted octanol–water partition coefficient (Wildman–Crippen LogP) is 3.74. The maximum Gasteiger partial charge on any atom is 0.252 e. The smallest absolute Gasteiger partial charge is 0.252 e. The van der Waals surface area contributed by atoms with Crippen molar-refractivity contribution >= 4 is 11.7 Å². The average Bonchev–Trinajstić information content (AvgIpc) is 2.52. The molecular formula is C20H23NO3. The van der Waals surface area contributed by atoms with Crippen LogP contribution in [0.2, 0.25) is 0 Å². The number of Topliss-reactive ketones (excluding diaryl/α,β-unsaturated/α-hetero) is 1. The quantitative estimate of drug-likeness (QED) is 0.823. The van der Waals surface area contributed by atoms with Crippen molar-refractivity contribution in [3.8, 4) is 5.75 Å². The van der Waals surface area contributed by atoms with Gasteiger partial charge in [0.2, 0.25) is 0 Å². The molecular weight excluding hydrogens is 302 g/mol. The van der Waals surface area contributed by atoms with E-state index in [1.165, 1.54) is 0 Å². The molecule has 0 aromatic heterocycles. The first kappa shape index (κ1) is 17.7. The summed E-state index contributed by atoms with van der Waals surface area (Å²) in [6.45, 7) is 5.69. The zero-order valence-corrected chi connectivity index (χ0v) is 14.3. The molecule has 0 saturated heterocycles. The fourth-order valence-corrected chi connectivity index (χ4v) is 2.44. The lowest BCUT2D eigenvalue weighted by molar-refractivity contribution is 0.0904. The Kier molecular flexibility index (Phi) is 5.39. The number of hydrogen-bond donors (Lipinski definition) is 2. The van der Waals surface area contributed by atoms with E-state index in [2.05, 4.69) is 5.32 Å². The Morgan fingerprint density at radius 3 is 2.17 bits per heavy atom. The highest BCUT2D eigenvalue weighted by Gasteiger charge is 2.20. The van der Waals surface area contributed by atoms with Gasteiger partial charge < -0.3 is 10.4 Å². The van der Waals surface area contributed by atoms with Crippen LogP contribution >= 0.6 is 0 Å². The molecule has 0 spiro atoms. The zero-order chi connectivity index (χ0) is 17.7. The number of rotatable bonds is 5. The van der Waals surface area contributed by atoms with E-state index >= 15 is 0 Å². The van der Waals surface area contributed by atoms with E-state index in [0.717, 1.165) is 5.56 Å². The lowest BCUT2D eigenvalue weighted by Crippen LogP contribution is -2.41. The zero-order valence-electron chi connectivity index (χ0n) is 14.3. The molecule has 0 heterocycles. The van der Waals surface area contributed by atoms with Crippen molar-refractivity contribution in [1.29, 1.82) is 0 Å². The highest BCUT2D eigenvalue weighted by molar-refractivity contribution is 6.08. The van der Waals surface area contributed by atoms with E-state index in [4.69, 9.17) is 0 Å². The van der Waals surface area contributed by atoms with E-state index in [9.17, 15) is 14.7 Å². The Labute approximate surface area is 142 Å². The first-order chi connectivity index (χ1) is 11.3. The molecule has 0 bridgehead atoms. The molecule has 4 nitrogen and oxygen atoms in total. The minimum Gasteiger partial charge on any atom is -0.508 e. The third-order valence-corrected chi connectivity index (χ3v) is 3.57. The van der Waals surface area contributed by atoms with Gasteiger partial charge in [-0.1, -0.05) is 36.4 Å². The Bertz CT molecular complexity index is 745. The molecule has 126 valence electrons. The second kappa shape index (κ2) is 7.30. The van der Waals surface area contributed by atoms with Gasteiger partial charge in [-0.3, -0.25) is 9.59 Å². The first-order valence-electron chi connectivity index (χ1n) is 7.99. The van der Waals surface area contributed by atoms with Crippen LogP contribution in [0.5, 0.6) is 5.75 Å². The molecule has 4 heteroatoms. The van der Waals surface area contributed by atoms with E-state index in [1.807, 2.05) is 26.8 Å². The summed E-state index contributed by atoms with van der Waals surface area (Å²) in [4.78, 5) is 25.0. The van der Waals surface area contributed by atoms with Crippen LogP contribution in [-0.2, 0) is 6.42 Å². The van der Waals surface area contributed by atoms with Crippen molar-refractivity contribution in [3.63, 3.8) is 0 Å². The Balaban J connectivity index is 2.15. The number of carbonyl (C=O) groups excluding carboxylic acids is 2. The van der Waals surface area contributed by atoms with E-state index < -0.39 is 0 Å². The van der Waals surface area contributed by atoms with Crippen LogP contribution < -0.4 is 5.32 Å². The van der Waals surface area contributed by atoms with Gasteiger partial charge in [-0.05, 0) is 44.9 Å². The number of phenols is 1. The Morgan fingerprint density at radius 1 is 0.958 bits per heavy atom. The van der Waals surface area contributed by atoms with Gasteiger partial charge in [0.1, 0.15) is 5.75 Å². The Hall–Kier alpha value is -2.62. The van der Waals surface area contributed by atoms with Crippen LogP contribution in [0.15, 0.2) is 48.5 Å². The fraction of sp³-hybridized carbons (Fsp3) is 0.300. The van der Waals surface area contributed by atoms with E-state index in [1.54, 1.807) is 42.5 Å². The second-order valence-electron chi connectivity index (χ2n) is 6.80. The first-order valence-corrected chi connectivity index (χ1v) is 7.99. The predicted molar refractivity (Wildman–Crippen MR) is 94.4 cm³/mol. The molecule has 0 atom stereocenters. The molecule has 2 aromatic rings. The number of carbonyl (C=O) groups is 2. The molecule has 2 N–H and O–H groups in total. The molecule has 0 fully saturated rings. The molecule has 0 radical (unpaired) electrons. The highest BCUT2D eigenvalue weighted by Crippen LogP contribution is 2.19. The molecule has 0 aliphatic heterocycles. The second-order valence-corrected chi connectivity index (χ2v) is 6.80. The molecule has 0 aliphatic rings. The number of aryl methyl sites for hydroxylation is 1. The molecule has 1 amide bonds. The summed E-state index contributed by atoms with van der Waals surface area (Å²) in [7, 11) is 0. The number of phenolic OH excluding ortho intramolecular Hbond substituents is 1. The number of amides is 1. The maximum absolute atomic E-state index is 12.6. The normalized spacial score (nSPS) is 11.1. The summed E-state index contributed by atoms with van der Waals surface area (Å²) in [5.74, 6) is -0.184. The topological polar surface area (TPSA) is 66.4 Å². The number of nitrogens with one attached hydrogen (secondary N) is 1. The van der Waals surface area contributed by atoms with E-state index in [0.29, 0.717) is 17.5 Å². The van der Waals surface area contributed by atoms with Gasteiger partial charge in [-0.15, -0.1) is 0 Å². The largest absolute Gasteiger partial charge is 0.508 e. The van der Waals surface area contributed by atoms with Crippen LogP contribution in [0.4, 0.5) is 0 Å². The van der Waals surface area contributed by atoms with Crippen molar-refractivity contribution in [2.24, 2.45) is 0 Å². The number of aromatic hydroxyl groups is 1. The monoisotopic (exact) mass is 325 g/mol. The van der Waals surface area contributed by atoms with Crippen LogP contribution in [-0.4, -0.2) is 22.3 Å². The summed E-state index contributed by atoms with van der Waals surface area (Å²) < 4.78 is 0. The minimum absolute atomic E-state index is 0.113. The van der Waals surface area contributed by atoms with Crippen LogP contribution in [0.3, 0.4) is 0 Å². The van der Waals surface area contributed by atoms with Gasteiger partial charge in [-0.25, -0.2) is 0 Å². The van der Waals surface area contributed by atoms with Gasteiger partial charge in [0.25, 0.3) is 5.91 Å². The van der Waals surface area contributed by atoms with Crippen LogP contribution in [0, 0.1) is 0 Å². The fourth-order valence-electron chi connectivity index (χ4n) is 2.44. The highest BCUT2D eigenvalue weighted by atomic mass is 16.3. The SMILES string of the molecule is CC(C)(C)NC(=O)c1ccccc1C(=O)CCc1ccccc1O. The van der Waals surface area contributed by atoms with E-state index in [-0.39, 0.29) is 29.4 Å². The average molecular weight is 325 g/mol. The van der Waals surface area contributed by atoms with Crippen molar-refractivity contribution in [1.82, 2.24) is 5.32 Å². The molecule has 0 saturated carbocycles. The van der Waals surface area contributed by atoms with Crippen LogP contribution in [0.1, 0.15) is 53.5 Å². The maximum atomic E-state index is 12.6. The van der Waals surface area contributed by atoms with Crippen molar-refractivity contribution in [2.75, 3.05) is 0 Å². The van der Waals surface area contributed by atoms with Gasteiger partial charge >= 0.3 is 0 Å². The molecule has 2 aromatic carbocycles. The van der Waals surface area contributed by atoms with Gasteiger partial charge in [-0.2, -0.15) is 0 Å². The van der Waals surface area contributed by atoms with Crippen molar-refractivity contribution < 1.29 is 14.7 Å². The lowest BCUT2D eigenvalue weighted by atomic mass is 9.97. The van der Waals surface area contributed by atoms with Crippen molar-refractivity contribution in [3.05, 3.63) is 65.2 Å². The third-order valence-electron chi connectivity index (χ3n) is 3.57. The summed E-state index contributed by atoms with van der Waals surface area (Å²) >= 11 is 0. The molecule has 0 aliphatic carbocycles. The van der Waals surface area contributed by atoms with Crippen LogP contribution in [0.25, 0.3) is 0 Å².